The summed E-state index contributed by atoms with van der Waals surface area (Å²) in [5.74, 6) is 3.72. The first-order valence-corrected chi connectivity index (χ1v) is 11.5. The summed E-state index contributed by atoms with van der Waals surface area (Å²) in [5.41, 5.74) is 1.07. The van der Waals surface area contributed by atoms with Crippen LogP contribution in [0.2, 0.25) is 0 Å². The number of nitrogens with zero attached hydrogens (tertiary/aromatic N) is 3. The molecule has 3 amide bonds. The summed E-state index contributed by atoms with van der Waals surface area (Å²) >= 11 is 0. The van der Waals surface area contributed by atoms with E-state index < -0.39 is 29.1 Å². The average Bonchev–Trinajstić information content (AvgIpc) is 3.02. The van der Waals surface area contributed by atoms with Crippen LogP contribution in [0.3, 0.4) is 0 Å². The van der Waals surface area contributed by atoms with Crippen LogP contribution in [0.1, 0.15) is 48.1 Å². The minimum Gasteiger partial charge on any atom is -0.317 e. The smallest absolute Gasteiger partial charge is 0.317 e. The van der Waals surface area contributed by atoms with Crippen molar-refractivity contribution in [1.82, 2.24) is 20.0 Å². The molecule has 1 fully saturated rings. The Morgan fingerprint density at radius 3 is 2.40 bits per heavy atom. The highest BCUT2D eigenvalue weighted by atomic mass is 19.1. The molecule has 1 aliphatic carbocycles. The van der Waals surface area contributed by atoms with Crippen molar-refractivity contribution in [1.29, 1.82) is 0 Å². The molecule has 1 aliphatic heterocycles. The fourth-order valence-electron chi connectivity index (χ4n) is 5.22. The van der Waals surface area contributed by atoms with E-state index in [0.29, 0.717) is 18.4 Å². The van der Waals surface area contributed by atoms with Crippen molar-refractivity contribution < 1.29 is 18.4 Å². The third-order valence-corrected chi connectivity index (χ3v) is 6.94. The fourth-order valence-corrected chi connectivity index (χ4v) is 5.22. The van der Waals surface area contributed by atoms with E-state index in [9.17, 15) is 9.59 Å². The van der Waals surface area contributed by atoms with Crippen molar-refractivity contribution >= 4 is 11.9 Å². The minimum absolute atomic E-state index is 0.00477. The topological polar surface area (TPSA) is 67.2 Å². The van der Waals surface area contributed by atoms with Gasteiger partial charge in [-0.2, -0.15) is 5.10 Å². The number of fused-ring (bicyclic) bond motifs is 2. The van der Waals surface area contributed by atoms with Gasteiger partial charge in [0.1, 0.15) is 17.3 Å². The zero-order valence-corrected chi connectivity index (χ0v) is 19.5. The van der Waals surface area contributed by atoms with Crippen LogP contribution in [0.4, 0.5) is 13.6 Å². The largest absolute Gasteiger partial charge is 0.324 e. The van der Waals surface area contributed by atoms with E-state index in [4.69, 9.17) is 0 Å². The molecule has 2 aliphatic rings. The molecule has 8 heteroatoms. The minimum atomic E-state index is -1.03. The predicted octanol–water partition coefficient (Wildman–Crippen LogP) is 4.26. The van der Waals surface area contributed by atoms with Gasteiger partial charge >= 0.3 is 6.03 Å². The molecular formula is C27H24F2N4O2. The number of aryl methyl sites for hydroxylation is 1. The van der Waals surface area contributed by atoms with E-state index in [1.807, 2.05) is 30.3 Å². The molecular weight excluding hydrogens is 450 g/mol. The molecule has 1 aromatic heterocycles. The molecule has 1 spiro atoms. The van der Waals surface area contributed by atoms with Crippen LogP contribution >= 0.6 is 0 Å². The van der Waals surface area contributed by atoms with Crippen molar-refractivity contribution in [3.8, 4) is 23.1 Å². The van der Waals surface area contributed by atoms with Crippen LogP contribution in [-0.2, 0) is 23.8 Å². The fraction of sp³-hybridized carbons (Fsp3) is 0.296. The van der Waals surface area contributed by atoms with Gasteiger partial charge in [-0.1, -0.05) is 36.5 Å². The van der Waals surface area contributed by atoms with Crippen LogP contribution in [0.15, 0.2) is 42.5 Å². The standard InChI is InChI=1S/C27H24F2N4O2/c1-32-26(35)30-22(34)16-27(32)13-7-6-10-21-24(27)25(31-33(21)2)23-19(28)14-18(15-20(23)29)12-11-17-8-4-3-5-9-17/h3-5,8-9,14-15H,6-7,10,13,16H2,1-2H3,(H,30,34,35)/t27-/m0/s1. The predicted molar refractivity (Wildman–Crippen MR) is 126 cm³/mol. The molecule has 3 aromatic rings. The van der Waals surface area contributed by atoms with Gasteiger partial charge in [0.25, 0.3) is 0 Å². The number of imide groups is 1. The third-order valence-electron chi connectivity index (χ3n) is 6.94. The summed E-state index contributed by atoms with van der Waals surface area (Å²) < 4.78 is 32.6. The van der Waals surface area contributed by atoms with Crippen molar-refractivity contribution in [2.75, 3.05) is 7.05 Å². The number of amides is 3. The van der Waals surface area contributed by atoms with Gasteiger partial charge in [0, 0.05) is 36.5 Å². The zero-order chi connectivity index (χ0) is 24.7. The molecule has 2 aromatic carbocycles. The maximum Gasteiger partial charge on any atom is 0.324 e. The number of urea groups is 1. The Hall–Kier alpha value is -3.99. The molecule has 1 saturated heterocycles. The summed E-state index contributed by atoms with van der Waals surface area (Å²) in [6, 6.07) is 11.0. The molecule has 1 atom stereocenters. The number of benzene rings is 2. The molecule has 178 valence electrons. The number of carbonyl (C=O) groups is 2. The van der Waals surface area contributed by atoms with Gasteiger partial charge < -0.3 is 4.90 Å². The summed E-state index contributed by atoms with van der Waals surface area (Å²) in [6.45, 7) is 0. The first-order valence-electron chi connectivity index (χ1n) is 11.5. The van der Waals surface area contributed by atoms with Crippen molar-refractivity contribution in [2.24, 2.45) is 7.05 Å². The molecule has 0 bridgehead atoms. The Morgan fingerprint density at radius 1 is 1.00 bits per heavy atom. The Balaban J connectivity index is 1.67. The molecule has 1 N–H and O–H groups in total. The van der Waals surface area contributed by atoms with Gasteiger partial charge in [-0.05, 0) is 43.5 Å². The Morgan fingerprint density at radius 2 is 1.69 bits per heavy atom. The molecule has 2 heterocycles. The molecule has 6 nitrogen and oxygen atoms in total. The summed E-state index contributed by atoms with van der Waals surface area (Å²) in [4.78, 5) is 26.6. The lowest BCUT2D eigenvalue weighted by atomic mass is 9.78. The number of carbonyl (C=O) groups excluding carboxylic acids is 2. The zero-order valence-electron chi connectivity index (χ0n) is 19.5. The first-order chi connectivity index (χ1) is 16.8. The summed E-state index contributed by atoms with van der Waals surface area (Å²) in [6.07, 6.45) is 2.71. The highest BCUT2D eigenvalue weighted by molar-refractivity contribution is 5.98. The molecule has 5 rings (SSSR count). The van der Waals surface area contributed by atoms with E-state index >= 15 is 8.78 Å². The van der Waals surface area contributed by atoms with Crippen molar-refractivity contribution in [3.05, 3.63) is 76.5 Å². The lowest BCUT2D eigenvalue weighted by molar-refractivity contribution is -0.125. The highest BCUT2D eigenvalue weighted by Crippen LogP contribution is 2.47. The lowest BCUT2D eigenvalue weighted by Gasteiger charge is -2.44. The lowest BCUT2D eigenvalue weighted by Crippen LogP contribution is -2.59. The second-order valence-corrected chi connectivity index (χ2v) is 9.05. The van der Waals surface area contributed by atoms with E-state index in [2.05, 4.69) is 22.3 Å². The summed E-state index contributed by atoms with van der Waals surface area (Å²) in [5, 5.41) is 6.85. The Kier molecular flexibility index (Phi) is 5.64. The number of halogens is 2. The first kappa shape index (κ1) is 22.8. The van der Waals surface area contributed by atoms with E-state index in [-0.39, 0.29) is 23.2 Å². The second-order valence-electron chi connectivity index (χ2n) is 9.05. The van der Waals surface area contributed by atoms with Crippen molar-refractivity contribution in [3.63, 3.8) is 0 Å². The van der Waals surface area contributed by atoms with Gasteiger partial charge in [0.15, 0.2) is 0 Å². The second kappa shape index (κ2) is 8.66. The van der Waals surface area contributed by atoms with E-state index in [1.54, 1.807) is 18.8 Å². The Bertz CT molecular complexity index is 1380. The maximum atomic E-state index is 15.5. The third kappa shape index (κ3) is 3.87. The maximum absolute atomic E-state index is 15.5. The number of hydrogen-bond donors (Lipinski definition) is 1. The van der Waals surface area contributed by atoms with E-state index in [0.717, 1.165) is 24.1 Å². The van der Waals surface area contributed by atoms with Crippen LogP contribution < -0.4 is 5.32 Å². The van der Waals surface area contributed by atoms with Gasteiger partial charge in [0.2, 0.25) is 5.91 Å². The number of rotatable bonds is 1. The van der Waals surface area contributed by atoms with Gasteiger partial charge in [-0.3, -0.25) is 14.8 Å². The Labute approximate surface area is 201 Å². The van der Waals surface area contributed by atoms with Gasteiger partial charge in [-0.15, -0.1) is 0 Å². The van der Waals surface area contributed by atoms with Gasteiger partial charge in [0.05, 0.1) is 17.5 Å². The van der Waals surface area contributed by atoms with Crippen LogP contribution in [0.25, 0.3) is 11.3 Å². The van der Waals surface area contributed by atoms with Crippen LogP contribution in [0.5, 0.6) is 0 Å². The number of nitrogens with one attached hydrogen (secondary N) is 1. The quantitative estimate of drug-likeness (QED) is 0.536. The number of aromatic nitrogens is 2. The van der Waals surface area contributed by atoms with E-state index in [1.165, 1.54) is 17.0 Å². The van der Waals surface area contributed by atoms with Crippen LogP contribution in [-0.4, -0.2) is 33.7 Å². The molecule has 0 unspecified atom stereocenters. The molecule has 0 saturated carbocycles. The van der Waals surface area contributed by atoms with Gasteiger partial charge in [-0.25, -0.2) is 13.6 Å². The average molecular weight is 475 g/mol. The molecule has 0 radical (unpaired) electrons. The molecule has 35 heavy (non-hydrogen) atoms. The van der Waals surface area contributed by atoms with Crippen molar-refractivity contribution in [2.45, 2.75) is 37.6 Å². The monoisotopic (exact) mass is 474 g/mol. The summed E-state index contributed by atoms with van der Waals surface area (Å²) in [7, 11) is 3.34. The van der Waals surface area contributed by atoms with Crippen LogP contribution in [0, 0.1) is 23.5 Å². The SMILES string of the molecule is CN1C(=O)NC(=O)C[C@]12CCCCc1c2c(-c2c(F)cc(C#Cc3ccccc3)cc2F)nn1C. The number of hydrogen-bond acceptors (Lipinski definition) is 3. The highest BCUT2D eigenvalue weighted by Gasteiger charge is 2.50. The normalized spacial score (nSPS) is 19.6.